The van der Waals surface area contributed by atoms with Crippen LogP contribution in [-0.4, -0.2) is 18.5 Å². The number of anilines is 2. The Bertz CT molecular complexity index is 695. The topological polar surface area (TPSA) is 40.6 Å². The van der Waals surface area contributed by atoms with Gasteiger partial charge < -0.3 is 0 Å². The molecule has 1 heterocycles. The molecule has 0 bridgehead atoms. The van der Waals surface area contributed by atoms with Gasteiger partial charge in [-0.15, -0.1) is 0 Å². The van der Waals surface area contributed by atoms with Gasteiger partial charge in [0.1, 0.15) is 6.54 Å². The fraction of sp³-hybridized carbons (Fsp3) is 0.125. The minimum absolute atomic E-state index is 0.0462. The maximum absolute atomic E-state index is 12.5. The third kappa shape index (κ3) is 2.50. The van der Waals surface area contributed by atoms with Crippen LogP contribution in [0.4, 0.5) is 16.2 Å². The van der Waals surface area contributed by atoms with Crippen molar-refractivity contribution in [3.8, 4) is 0 Å². The number of aryl methyl sites for hydroxylation is 1. The van der Waals surface area contributed by atoms with Crippen LogP contribution in [-0.2, 0) is 4.79 Å². The molecular formula is C16H13ClN2O2. The van der Waals surface area contributed by atoms with E-state index in [0.29, 0.717) is 10.7 Å². The first-order valence-corrected chi connectivity index (χ1v) is 6.91. The molecule has 3 amide bonds. The van der Waals surface area contributed by atoms with Crippen molar-refractivity contribution in [2.45, 2.75) is 6.92 Å². The highest BCUT2D eigenvalue weighted by molar-refractivity contribution is 6.31. The number of rotatable bonds is 2. The van der Waals surface area contributed by atoms with Gasteiger partial charge in [-0.3, -0.25) is 9.69 Å². The van der Waals surface area contributed by atoms with E-state index in [1.165, 1.54) is 9.80 Å². The standard InChI is InChI=1S/C16H13ClN2O2/c1-11-2-6-13(7-3-11)18-10-15(20)19(16(18)21)14-8-4-12(17)5-9-14/h2-9H,10H2,1H3. The zero-order chi connectivity index (χ0) is 15.0. The first-order valence-electron chi connectivity index (χ1n) is 6.53. The fourth-order valence-electron chi connectivity index (χ4n) is 2.27. The van der Waals surface area contributed by atoms with Crippen LogP contribution in [0.2, 0.25) is 5.02 Å². The molecule has 0 saturated carbocycles. The van der Waals surface area contributed by atoms with Gasteiger partial charge in [0.15, 0.2) is 0 Å². The highest BCUT2D eigenvalue weighted by Crippen LogP contribution is 2.27. The highest BCUT2D eigenvalue weighted by Gasteiger charge is 2.37. The molecule has 4 nitrogen and oxygen atoms in total. The van der Waals surface area contributed by atoms with Gasteiger partial charge in [-0.1, -0.05) is 29.3 Å². The number of carbonyl (C=O) groups is 2. The summed E-state index contributed by atoms with van der Waals surface area (Å²) >= 11 is 5.83. The Balaban J connectivity index is 1.92. The van der Waals surface area contributed by atoms with Gasteiger partial charge >= 0.3 is 6.03 Å². The second-order valence-electron chi connectivity index (χ2n) is 4.91. The molecule has 1 aliphatic rings. The van der Waals surface area contributed by atoms with Crippen LogP contribution in [0.5, 0.6) is 0 Å². The normalized spacial score (nSPS) is 15.0. The predicted molar refractivity (Wildman–Crippen MR) is 82.9 cm³/mol. The minimum Gasteiger partial charge on any atom is -0.284 e. The number of hydrogen-bond donors (Lipinski definition) is 0. The maximum atomic E-state index is 12.5. The monoisotopic (exact) mass is 300 g/mol. The summed E-state index contributed by atoms with van der Waals surface area (Å²) in [6.45, 7) is 2.02. The van der Waals surface area contributed by atoms with E-state index in [1.807, 2.05) is 31.2 Å². The van der Waals surface area contributed by atoms with Gasteiger partial charge in [-0.25, -0.2) is 9.69 Å². The van der Waals surface area contributed by atoms with Gasteiger partial charge in [0.25, 0.3) is 5.91 Å². The third-order valence-corrected chi connectivity index (χ3v) is 3.65. The number of urea groups is 1. The highest BCUT2D eigenvalue weighted by atomic mass is 35.5. The fourth-order valence-corrected chi connectivity index (χ4v) is 2.40. The molecular weight excluding hydrogens is 288 g/mol. The molecule has 5 heteroatoms. The van der Waals surface area contributed by atoms with Crippen molar-refractivity contribution in [3.05, 3.63) is 59.1 Å². The molecule has 21 heavy (non-hydrogen) atoms. The van der Waals surface area contributed by atoms with Gasteiger partial charge in [-0.2, -0.15) is 0 Å². The quantitative estimate of drug-likeness (QED) is 0.795. The van der Waals surface area contributed by atoms with Crippen LogP contribution in [0.3, 0.4) is 0 Å². The molecule has 0 aliphatic carbocycles. The molecule has 2 aromatic carbocycles. The molecule has 0 N–H and O–H groups in total. The van der Waals surface area contributed by atoms with Crippen LogP contribution < -0.4 is 9.80 Å². The zero-order valence-electron chi connectivity index (χ0n) is 11.4. The molecule has 0 spiro atoms. The Kier molecular flexibility index (Phi) is 3.39. The molecule has 2 aromatic rings. The first-order chi connectivity index (χ1) is 10.1. The van der Waals surface area contributed by atoms with Crippen LogP contribution in [0, 0.1) is 6.92 Å². The molecule has 0 radical (unpaired) electrons. The number of carbonyl (C=O) groups excluding carboxylic acids is 2. The summed E-state index contributed by atoms with van der Waals surface area (Å²) < 4.78 is 0. The van der Waals surface area contributed by atoms with Crippen molar-refractivity contribution < 1.29 is 9.59 Å². The minimum atomic E-state index is -0.342. The molecule has 1 aliphatic heterocycles. The van der Waals surface area contributed by atoms with Crippen molar-refractivity contribution in [2.75, 3.05) is 16.3 Å². The van der Waals surface area contributed by atoms with Crippen molar-refractivity contribution in [1.29, 1.82) is 0 Å². The number of nitrogens with zero attached hydrogens (tertiary/aromatic N) is 2. The Hall–Kier alpha value is -2.33. The number of halogens is 1. The Labute approximate surface area is 127 Å². The second-order valence-corrected chi connectivity index (χ2v) is 5.35. The van der Waals surface area contributed by atoms with Crippen LogP contribution in [0.15, 0.2) is 48.5 Å². The van der Waals surface area contributed by atoms with E-state index in [2.05, 4.69) is 0 Å². The lowest BCUT2D eigenvalue weighted by molar-refractivity contribution is -0.115. The van der Waals surface area contributed by atoms with E-state index in [-0.39, 0.29) is 18.5 Å². The van der Waals surface area contributed by atoms with Gasteiger partial charge in [-0.05, 0) is 43.3 Å². The molecule has 1 fully saturated rings. The first kappa shape index (κ1) is 13.6. The predicted octanol–water partition coefficient (Wildman–Crippen LogP) is 3.62. The number of amides is 3. The summed E-state index contributed by atoms with van der Waals surface area (Å²) in [5.74, 6) is -0.247. The lowest BCUT2D eigenvalue weighted by Gasteiger charge is -2.17. The lowest BCUT2D eigenvalue weighted by atomic mass is 10.2. The summed E-state index contributed by atoms with van der Waals surface area (Å²) in [5.41, 5.74) is 2.35. The average Bonchev–Trinajstić information content (AvgIpc) is 2.76. The third-order valence-electron chi connectivity index (χ3n) is 3.40. The van der Waals surface area contributed by atoms with Crippen molar-refractivity contribution in [3.63, 3.8) is 0 Å². The average molecular weight is 301 g/mol. The van der Waals surface area contributed by atoms with Crippen LogP contribution >= 0.6 is 11.6 Å². The summed E-state index contributed by atoms with van der Waals surface area (Å²) in [7, 11) is 0. The van der Waals surface area contributed by atoms with Crippen LogP contribution in [0.25, 0.3) is 0 Å². The van der Waals surface area contributed by atoms with Gasteiger partial charge in [0.2, 0.25) is 0 Å². The molecule has 106 valence electrons. The van der Waals surface area contributed by atoms with Crippen LogP contribution in [0.1, 0.15) is 5.56 Å². The van der Waals surface area contributed by atoms with E-state index in [1.54, 1.807) is 24.3 Å². The summed E-state index contributed by atoms with van der Waals surface area (Å²) in [6.07, 6.45) is 0. The Morgan fingerprint density at radius 2 is 1.48 bits per heavy atom. The summed E-state index contributed by atoms with van der Waals surface area (Å²) in [5, 5.41) is 0.563. The number of imide groups is 1. The van der Waals surface area contributed by atoms with Crippen molar-refractivity contribution in [1.82, 2.24) is 0 Å². The van der Waals surface area contributed by atoms with E-state index < -0.39 is 0 Å². The van der Waals surface area contributed by atoms with E-state index in [9.17, 15) is 9.59 Å². The smallest absolute Gasteiger partial charge is 0.284 e. The molecule has 0 atom stereocenters. The summed E-state index contributed by atoms with van der Waals surface area (Å²) in [4.78, 5) is 27.3. The number of benzene rings is 2. The van der Waals surface area contributed by atoms with Gasteiger partial charge in [0.05, 0.1) is 5.69 Å². The maximum Gasteiger partial charge on any atom is 0.336 e. The van der Waals surface area contributed by atoms with E-state index >= 15 is 0 Å². The van der Waals surface area contributed by atoms with Crippen molar-refractivity contribution >= 4 is 34.9 Å². The SMILES string of the molecule is Cc1ccc(N2CC(=O)N(c3ccc(Cl)cc3)C2=O)cc1. The molecule has 3 rings (SSSR count). The largest absolute Gasteiger partial charge is 0.336 e. The summed E-state index contributed by atoms with van der Waals surface area (Å²) in [6, 6.07) is 13.8. The molecule has 1 saturated heterocycles. The Morgan fingerprint density at radius 1 is 0.905 bits per heavy atom. The van der Waals surface area contributed by atoms with E-state index in [4.69, 9.17) is 11.6 Å². The lowest BCUT2D eigenvalue weighted by Crippen LogP contribution is -2.32. The zero-order valence-corrected chi connectivity index (χ0v) is 12.2. The molecule has 0 unspecified atom stereocenters. The number of hydrogen-bond acceptors (Lipinski definition) is 2. The molecule has 0 aromatic heterocycles. The van der Waals surface area contributed by atoms with Crippen molar-refractivity contribution in [2.24, 2.45) is 0 Å². The van der Waals surface area contributed by atoms with Gasteiger partial charge in [0, 0.05) is 10.7 Å². The van der Waals surface area contributed by atoms with E-state index in [0.717, 1.165) is 11.3 Å². The Morgan fingerprint density at radius 3 is 2.10 bits per heavy atom. The second kappa shape index (κ2) is 5.22.